The van der Waals surface area contributed by atoms with Crippen LogP contribution in [0.3, 0.4) is 0 Å². The lowest BCUT2D eigenvalue weighted by molar-refractivity contribution is -0.140. The predicted octanol–water partition coefficient (Wildman–Crippen LogP) is 2.47. The minimum absolute atomic E-state index is 0.156. The second-order valence-corrected chi connectivity index (χ2v) is 6.91. The van der Waals surface area contributed by atoms with Crippen molar-refractivity contribution in [2.45, 2.75) is 33.7 Å². The number of thiophene rings is 1. The van der Waals surface area contributed by atoms with Crippen molar-refractivity contribution >= 4 is 23.2 Å². The van der Waals surface area contributed by atoms with Gasteiger partial charge in [-0.2, -0.15) is 0 Å². The molecule has 1 aromatic heterocycles. The first-order valence-electron chi connectivity index (χ1n) is 6.32. The smallest absolute Gasteiger partial charge is 0.348 e. The molecule has 104 valence electrons. The van der Waals surface area contributed by atoms with Crippen LogP contribution in [-0.4, -0.2) is 30.4 Å². The van der Waals surface area contributed by atoms with Gasteiger partial charge in [-0.1, -0.05) is 20.8 Å². The van der Waals surface area contributed by atoms with Gasteiger partial charge in [0.15, 0.2) is 0 Å². The number of carbonyl (C=O) groups is 2. The third kappa shape index (κ3) is 2.81. The highest BCUT2D eigenvalue weighted by Gasteiger charge is 2.30. The van der Waals surface area contributed by atoms with Gasteiger partial charge in [0.05, 0.1) is 7.11 Å². The molecule has 0 fully saturated rings. The fourth-order valence-corrected chi connectivity index (χ4v) is 3.26. The highest BCUT2D eigenvalue weighted by Crippen LogP contribution is 2.30. The number of carbonyl (C=O) groups excluding carboxylic acids is 2. The van der Waals surface area contributed by atoms with Crippen LogP contribution >= 0.6 is 11.3 Å². The van der Waals surface area contributed by atoms with Crippen molar-refractivity contribution in [2.75, 3.05) is 13.7 Å². The van der Waals surface area contributed by atoms with Crippen LogP contribution in [0.1, 0.15) is 40.9 Å². The van der Waals surface area contributed by atoms with E-state index in [0.717, 1.165) is 18.5 Å². The van der Waals surface area contributed by atoms with Crippen molar-refractivity contribution in [1.82, 2.24) is 4.90 Å². The molecule has 19 heavy (non-hydrogen) atoms. The van der Waals surface area contributed by atoms with Crippen LogP contribution in [0.15, 0.2) is 6.07 Å². The van der Waals surface area contributed by atoms with E-state index >= 15 is 0 Å². The Morgan fingerprint density at radius 1 is 1.37 bits per heavy atom. The van der Waals surface area contributed by atoms with Gasteiger partial charge < -0.3 is 9.64 Å². The van der Waals surface area contributed by atoms with Gasteiger partial charge >= 0.3 is 5.97 Å². The number of esters is 1. The van der Waals surface area contributed by atoms with Crippen molar-refractivity contribution in [3.8, 4) is 0 Å². The van der Waals surface area contributed by atoms with Crippen LogP contribution in [0.4, 0.5) is 0 Å². The first-order chi connectivity index (χ1) is 8.82. The Balaban J connectivity index is 2.18. The summed E-state index contributed by atoms with van der Waals surface area (Å²) in [6.07, 6.45) is 0.818. The molecule has 0 unspecified atom stereocenters. The molecule has 0 N–H and O–H groups in total. The molecule has 1 amide bonds. The van der Waals surface area contributed by atoms with E-state index in [-0.39, 0.29) is 17.3 Å². The summed E-state index contributed by atoms with van der Waals surface area (Å²) in [7, 11) is 1.39. The third-order valence-electron chi connectivity index (χ3n) is 3.18. The van der Waals surface area contributed by atoms with Gasteiger partial charge in [0.1, 0.15) is 4.88 Å². The molecule has 0 spiro atoms. The maximum absolute atomic E-state index is 12.3. The van der Waals surface area contributed by atoms with Crippen molar-refractivity contribution in [2.24, 2.45) is 5.41 Å². The lowest BCUT2D eigenvalue weighted by Crippen LogP contribution is -2.41. The molecule has 1 aliphatic rings. The van der Waals surface area contributed by atoms with E-state index in [0.29, 0.717) is 11.4 Å². The normalized spacial score (nSPS) is 15.1. The van der Waals surface area contributed by atoms with Gasteiger partial charge in [-0.3, -0.25) is 4.79 Å². The zero-order valence-electron chi connectivity index (χ0n) is 11.8. The van der Waals surface area contributed by atoms with E-state index in [1.165, 1.54) is 23.3 Å². The molecule has 2 heterocycles. The lowest BCUT2D eigenvalue weighted by Gasteiger charge is -2.32. The van der Waals surface area contributed by atoms with E-state index in [2.05, 4.69) is 0 Å². The Morgan fingerprint density at radius 3 is 2.63 bits per heavy atom. The molecule has 0 aliphatic carbocycles. The molecule has 0 bridgehead atoms. The summed E-state index contributed by atoms with van der Waals surface area (Å²) in [4.78, 5) is 27.5. The van der Waals surface area contributed by atoms with Crippen molar-refractivity contribution in [3.63, 3.8) is 0 Å². The maximum atomic E-state index is 12.3. The molecule has 5 heteroatoms. The fraction of sp³-hybridized carbons (Fsp3) is 0.571. The van der Waals surface area contributed by atoms with E-state index in [9.17, 15) is 9.59 Å². The molecular weight excluding hydrogens is 262 g/mol. The number of ether oxygens (including phenoxy) is 1. The minimum Gasteiger partial charge on any atom is -0.465 e. The number of fused-ring (bicyclic) bond motifs is 1. The topological polar surface area (TPSA) is 46.6 Å². The van der Waals surface area contributed by atoms with Crippen LogP contribution < -0.4 is 0 Å². The number of hydrogen-bond acceptors (Lipinski definition) is 4. The zero-order chi connectivity index (χ0) is 14.2. The monoisotopic (exact) mass is 281 g/mol. The molecule has 0 aromatic carbocycles. The standard InChI is InChI=1S/C14H19NO3S/c1-14(2,3)13(17)15-6-5-10-9(8-15)7-11(19-10)12(16)18-4/h7H,5-6,8H2,1-4H3. The van der Waals surface area contributed by atoms with Gasteiger partial charge in [-0.05, 0) is 18.1 Å². The average molecular weight is 281 g/mol. The maximum Gasteiger partial charge on any atom is 0.348 e. The summed E-state index contributed by atoms with van der Waals surface area (Å²) >= 11 is 1.48. The molecule has 4 nitrogen and oxygen atoms in total. The highest BCUT2D eigenvalue weighted by atomic mass is 32.1. The summed E-state index contributed by atoms with van der Waals surface area (Å²) in [6, 6.07) is 1.86. The van der Waals surface area contributed by atoms with E-state index in [4.69, 9.17) is 4.74 Å². The number of amides is 1. The van der Waals surface area contributed by atoms with Crippen molar-refractivity contribution in [3.05, 3.63) is 21.4 Å². The SMILES string of the molecule is COC(=O)c1cc2c(s1)CCN(C(=O)C(C)(C)C)C2. The summed E-state index contributed by atoms with van der Waals surface area (Å²) < 4.78 is 4.73. The number of hydrogen-bond donors (Lipinski definition) is 0. The Kier molecular flexibility index (Phi) is 3.67. The van der Waals surface area contributed by atoms with Crippen molar-refractivity contribution in [1.29, 1.82) is 0 Å². The van der Waals surface area contributed by atoms with Gasteiger partial charge in [-0.25, -0.2) is 4.79 Å². The zero-order valence-corrected chi connectivity index (χ0v) is 12.6. The van der Waals surface area contributed by atoms with Gasteiger partial charge in [0, 0.05) is 23.4 Å². The van der Waals surface area contributed by atoms with Crippen molar-refractivity contribution < 1.29 is 14.3 Å². The molecule has 0 atom stereocenters. The largest absolute Gasteiger partial charge is 0.465 e. The molecule has 2 rings (SSSR count). The first kappa shape index (κ1) is 14.1. The lowest BCUT2D eigenvalue weighted by atomic mass is 9.93. The molecule has 0 saturated carbocycles. The Hall–Kier alpha value is -1.36. The minimum atomic E-state index is -0.362. The van der Waals surface area contributed by atoms with Crippen LogP contribution in [0.2, 0.25) is 0 Å². The van der Waals surface area contributed by atoms with E-state index < -0.39 is 0 Å². The third-order valence-corrected chi connectivity index (χ3v) is 4.40. The Bertz CT molecular complexity index is 513. The first-order valence-corrected chi connectivity index (χ1v) is 7.14. The molecule has 0 radical (unpaired) electrons. The summed E-state index contributed by atoms with van der Waals surface area (Å²) in [5.41, 5.74) is 0.716. The fourth-order valence-electron chi connectivity index (χ4n) is 2.18. The molecule has 0 saturated heterocycles. The molecular formula is C14H19NO3S. The van der Waals surface area contributed by atoms with E-state index in [1.54, 1.807) is 0 Å². The van der Waals surface area contributed by atoms with Crippen LogP contribution in [0.5, 0.6) is 0 Å². The van der Waals surface area contributed by atoms with Crippen LogP contribution in [0, 0.1) is 5.41 Å². The quantitative estimate of drug-likeness (QED) is 0.743. The van der Waals surface area contributed by atoms with Gasteiger partial charge in [0.2, 0.25) is 5.91 Å². The number of rotatable bonds is 1. The molecule has 1 aromatic rings. The second kappa shape index (κ2) is 4.96. The van der Waals surface area contributed by atoms with Crippen LogP contribution in [0.25, 0.3) is 0 Å². The highest BCUT2D eigenvalue weighted by molar-refractivity contribution is 7.14. The number of nitrogens with zero attached hydrogens (tertiary/aromatic N) is 1. The Labute approximate surface area is 117 Å². The predicted molar refractivity (Wildman–Crippen MR) is 74.2 cm³/mol. The van der Waals surface area contributed by atoms with Crippen LogP contribution in [-0.2, 0) is 22.5 Å². The van der Waals surface area contributed by atoms with Gasteiger partial charge in [-0.15, -0.1) is 11.3 Å². The Morgan fingerprint density at radius 2 is 2.05 bits per heavy atom. The summed E-state index contributed by atoms with van der Waals surface area (Å²) in [5.74, 6) is -0.142. The number of methoxy groups -OCH3 is 1. The second-order valence-electron chi connectivity index (χ2n) is 5.78. The molecule has 1 aliphatic heterocycles. The summed E-state index contributed by atoms with van der Waals surface area (Å²) in [6.45, 7) is 7.11. The summed E-state index contributed by atoms with van der Waals surface area (Å²) in [5, 5.41) is 0. The van der Waals surface area contributed by atoms with Gasteiger partial charge in [0.25, 0.3) is 0 Å². The average Bonchev–Trinajstić information content (AvgIpc) is 2.78. The van der Waals surface area contributed by atoms with E-state index in [1.807, 2.05) is 31.7 Å².